The molecule has 0 N–H and O–H groups in total. The van der Waals surface area contributed by atoms with Crippen LogP contribution >= 0.6 is 0 Å². The molecular formula is C46H40N2O2. The third kappa shape index (κ3) is 3.41. The second kappa shape index (κ2) is 9.60. The van der Waals surface area contributed by atoms with Gasteiger partial charge in [0.25, 0.3) is 0 Å². The van der Waals surface area contributed by atoms with Crippen molar-refractivity contribution in [2.24, 2.45) is 0 Å². The van der Waals surface area contributed by atoms with E-state index < -0.39 is 11.4 Å². The molecule has 0 amide bonds. The normalized spacial score (nSPS) is 23.2. The molecule has 10 rings (SSSR count). The van der Waals surface area contributed by atoms with Gasteiger partial charge < -0.3 is 19.3 Å². The van der Waals surface area contributed by atoms with Gasteiger partial charge in [-0.25, -0.2) is 0 Å². The lowest BCUT2D eigenvalue weighted by Crippen LogP contribution is -2.58. The molecule has 4 heteroatoms. The van der Waals surface area contributed by atoms with Gasteiger partial charge in [0.1, 0.15) is 11.5 Å². The predicted octanol–water partition coefficient (Wildman–Crippen LogP) is 10.7. The first-order valence-corrected chi connectivity index (χ1v) is 17.6. The summed E-state index contributed by atoms with van der Waals surface area (Å²) in [6.07, 6.45) is 9.11. The first-order chi connectivity index (χ1) is 24.1. The molecule has 6 aromatic carbocycles. The van der Waals surface area contributed by atoms with Crippen molar-refractivity contribution in [2.75, 3.05) is 23.9 Å². The quantitative estimate of drug-likeness (QED) is 0.176. The van der Waals surface area contributed by atoms with E-state index in [1.807, 2.05) is 0 Å². The van der Waals surface area contributed by atoms with Gasteiger partial charge in [0.05, 0.1) is 10.8 Å². The van der Waals surface area contributed by atoms with Gasteiger partial charge >= 0.3 is 0 Å². The van der Waals surface area contributed by atoms with E-state index in [2.05, 4.69) is 185 Å². The SMILES string of the molecule is CN1c2ccccc2C(C)(C)[C@]12C=Cc1cc3ccccc3c(-c3c4c(cc5ccccc35)C=C[C@@]3(O4)N(C)c4ccccc4C3(C)C)c1O2. The van der Waals surface area contributed by atoms with Crippen LogP contribution < -0.4 is 19.3 Å². The summed E-state index contributed by atoms with van der Waals surface area (Å²) in [5, 5.41) is 4.61. The third-order valence-electron chi connectivity index (χ3n) is 12.5. The molecule has 0 unspecified atom stereocenters. The molecule has 2 spiro atoms. The molecule has 4 aliphatic heterocycles. The van der Waals surface area contributed by atoms with E-state index in [9.17, 15) is 0 Å². The largest absolute Gasteiger partial charge is 0.462 e. The van der Waals surface area contributed by atoms with Crippen LogP contribution in [0.5, 0.6) is 11.5 Å². The van der Waals surface area contributed by atoms with E-state index in [-0.39, 0.29) is 10.8 Å². The van der Waals surface area contributed by atoms with Crippen LogP contribution in [0.2, 0.25) is 0 Å². The number of fused-ring (bicyclic) bond motifs is 6. The van der Waals surface area contributed by atoms with Crippen LogP contribution in [0.15, 0.2) is 121 Å². The zero-order valence-electron chi connectivity index (χ0n) is 29.4. The number of rotatable bonds is 1. The molecule has 0 fully saturated rings. The van der Waals surface area contributed by atoms with Gasteiger partial charge in [-0.1, -0.05) is 84.9 Å². The Hall–Kier alpha value is -5.48. The summed E-state index contributed by atoms with van der Waals surface area (Å²) in [6, 6.07) is 39.4. The Morgan fingerprint density at radius 2 is 0.860 bits per heavy atom. The highest BCUT2D eigenvalue weighted by Gasteiger charge is 2.59. The highest BCUT2D eigenvalue weighted by Crippen LogP contribution is 2.60. The summed E-state index contributed by atoms with van der Waals surface area (Å²) in [5.41, 5.74) is 7.08. The molecular weight excluding hydrogens is 613 g/mol. The number of para-hydroxylation sites is 2. The molecule has 0 radical (unpaired) electrons. The van der Waals surface area contributed by atoms with Crippen LogP contribution in [0.4, 0.5) is 11.4 Å². The monoisotopic (exact) mass is 652 g/mol. The third-order valence-corrected chi connectivity index (χ3v) is 12.5. The number of anilines is 2. The van der Waals surface area contributed by atoms with Crippen molar-refractivity contribution in [3.8, 4) is 22.6 Å². The molecule has 4 nitrogen and oxygen atoms in total. The zero-order chi connectivity index (χ0) is 34.2. The molecule has 2 atom stereocenters. The fourth-order valence-electron chi connectivity index (χ4n) is 9.65. The maximum Gasteiger partial charge on any atom is 0.211 e. The van der Waals surface area contributed by atoms with Gasteiger partial charge in [0.2, 0.25) is 11.4 Å². The average molecular weight is 653 g/mol. The van der Waals surface area contributed by atoms with Gasteiger partial charge in [0, 0.05) is 47.7 Å². The lowest BCUT2D eigenvalue weighted by molar-refractivity contribution is 0.0570. The number of ether oxygens (including phenoxy) is 2. The summed E-state index contributed by atoms with van der Waals surface area (Å²) >= 11 is 0. The van der Waals surface area contributed by atoms with Gasteiger partial charge in [-0.3, -0.25) is 0 Å². The lowest BCUT2D eigenvalue weighted by Gasteiger charge is -2.47. The number of nitrogens with zero attached hydrogens (tertiary/aromatic N) is 2. The van der Waals surface area contributed by atoms with Crippen LogP contribution in [-0.4, -0.2) is 25.5 Å². The molecule has 0 saturated heterocycles. The Morgan fingerprint density at radius 3 is 1.28 bits per heavy atom. The molecule has 6 aromatic rings. The molecule has 246 valence electrons. The fraction of sp³-hybridized carbons (Fsp3) is 0.217. The number of hydrogen-bond acceptors (Lipinski definition) is 4. The Labute approximate surface area is 293 Å². The van der Waals surface area contributed by atoms with E-state index in [1.165, 1.54) is 33.3 Å². The summed E-state index contributed by atoms with van der Waals surface area (Å²) < 4.78 is 15.2. The molecule has 0 saturated carbocycles. The van der Waals surface area contributed by atoms with Gasteiger partial charge in [0.15, 0.2) is 0 Å². The van der Waals surface area contributed by atoms with Crippen molar-refractivity contribution in [2.45, 2.75) is 50.0 Å². The van der Waals surface area contributed by atoms with Crippen molar-refractivity contribution in [1.29, 1.82) is 0 Å². The first kappa shape index (κ1) is 29.4. The van der Waals surface area contributed by atoms with Crippen LogP contribution in [0, 0.1) is 0 Å². The Balaban J connectivity index is 1.27. The van der Waals surface area contributed by atoms with Crippen molar-refractivity contribution >= 4 is 45.1 Å². The molecule has 0 bridgehead atoms. The summed E-state index contributed by atoms with van der Waals surface area (Å²) in [5.74, 6) is 1.76. The van der Waals surface area contributed by atoms with E-state index in [0.29, 0.717) is 0 Å². The van der Waals surface area contributed by atoms with Crippen LogP contribution in [0.1, 0.15) is 49.9 Å². The number of benzene rings is 6. The van der Waals surface area contributed by atoms with Crippen LogP contribution in [0.25, 0.3) is 44.8 Å². The van der Waals surface area contributed by atoms with Crippen molar-refractivity contribution in [3.63, 3.8) is 0 Å². The minimum atomic E-state index is -0.733. The summed E-state index contributed by atoms with van der Waals surface area (Å²) in [7, 11) is 4.33. The van der Waals surface area contributed by atoms with Crippen molar-refractivity contribution in [3.05, 3.63) is 144 Å². The van der Waals surface area contributed by atoms with Gasteiger partial charge in [-0.05, 0) is 109 Å². The van der Waals surface area contributed by atoms with Crippen LogP contribution in [0.3, 0.4) is 0 Å². The Kier molecular flexibility index (Phi) is 5.65. The second-order valence-corrected chi connectivity index (χ2v) is 15.4. The zero-order valence-corrected chi connectivity index (χ0v) is 29.4. The van der Waals surface area contributed by atoms with Crippen LogP contribution in [-0.2, 0) is 10.8 Å². The van der Waals surface area contributed by atoms with Gasteiger partial charge in [-0.2, -0.15) is 0 Å². The number of likely N-dealkylation sites (N-methyl/N-ethyl adjacent to an activating group) is 2. The predicted molar refractivity (Wildman–Crippen MR) is 207 cm³/mol. The summed E-state index contributed by atoms with van der Waals surface area (Å²) in [4.78, 5) is 4.64. The molecule has 0 aromatic heterocycles. The molecule has 4 heterocycles. The maximum atomic E-state index is 7.61. The minimum Gasteiger partial charge on any atom is -0.462 e. The Morgan fingerprint density at radius 1 is 0.480 bits per heavy atom. The smallest absolute Gasteiger partial charge is 0.211 e. The van der Waals surface area contributed by atoms with Crippen molar-refractivity contribution < 1.29 is 9.47 Å². The van der Waals surface area contributed by atoms with E-state index in [0.717, 1.165) is 44.5 Å². The number of hydrogen-bond donors (Lipinski definition) is 0. The molecule has 4 aliphatic rings. The van der Waals surface area contributed by atoms with E-state index >= 15 is 0 Å². The van der Waals surface area contributed by atoms with E-state index in [1.54, 1.807) is 0 Å². The first-order valence-electron chi connectivity index (χ1n) is 17.6. The molecule has 50 heavy (non-hydrogen) atoms. The standard InChI is InChI=1S/C46H40N2O2/c1-43(2)35-19-11-13-21-37(35)47(5)45(43)25-23-31-27-29-15-7-9-17-33(29)39(41(31)49-45)40-34-18-10-8-16-30(34)28-32-24-26-46(50-42(32)40)44(3,4)36-20-12-14-22-38(36)48(46)6/h7-28H,1-6H3/t45-,46+. The maximum absolute atomic E-state index is 7.61. The average Bonchev–Trinajstić information content (AvgIpc) is 3.40. The topological polar surface area (TPSA) is 24.9 Å². The minimum absolute atomic E-state index is 0.334. The Bertz CT molecular complexity index is 2330. The van der Waals surface area contributed by atoms with Crippen molar-refractivity contribution in [1.82, 2.24) is 0 Å². The fourth-order valence-corrected chi connectivity index (χ4v) is 9.65. The lowest BCUT2D eigenvalue weighted by atomic mass is 9.75. The highest BCUT2D eigenvalue weighted by atomic mass is 16.5. The van der Waals surface area contributed by atoms with E-state index in [4.69, 9.17) is 9.47 Å². The molecule has 0 aliphatic carbocycles. The summed E-state index contributed by atoms with van der Waals surface area (Å²) in [6.45, 7) is 9.22. The highest BCUT2D eigenvalue weighted by molar-refractivity contribution is 6.12. The van der Waals surface area contributed by atoms with Gasteiger partial charge in [-0.15, -0.1) is 0 Å². The second-order valence-electron chi connectivity index (χ2n) is 15.4.